The lowest BCUT2D eigenvalue weighted by molar-refractivity contribution is -0.117. The van der Waals surface area contributed by atoms with Crippen molar-refractivity contribution in [3.63, 3.8) is 0 Å². The Bertz CT molecular complexity index is 628. The normalized spacial score (nSPS) is 16.6. The average Bonchev–Trinajstić information content (AvgIpc) is 2.82. The number of aromatic nitrogens is 2. The fourth-order valence-corrected chi connectivity index (χ4v) is 2.09. The quantitative estimate of drug-likeness (QED) is 0.890. The highest BCUT2D eigenvalue weighted by Gasteiger charge is 2.30. The third-order valence-electron chi connectivity index (χ3n) is 3.05. The molecule has 1 aliphatic rings. The van der Waals surface area contributed by atoms with Gasteiger partial charge in [-0.1, -0.05) is 18.2 Å². The molecule has 0 spiro atoms. The number of hydrogen-bond acceptors (Lipinski definition) is 4. The molecule has 0 bridgehead atoms. The topological polar surface area (TPSA) is 64.1 Å². The number of carbonyl (C=O) groups is 1. The summed E-state index contributed by atoms with van der Waals surface area (Å²) in [5, 5.41) is 2.72. The molecular formula is C14H13N3O2. The van der Waals surface area contributed by atoms with Gasteiger partial charge in [0.1, 0.15) is 18.3 Å². The second-order valence-electron chi connectivity index (χ2n) is 4.41. The van der Waals surface area contributed by atoms with Crippen LogP contribution in [0.3, 0.4) is 0 Å². The van der Waals surface area contributed by atoms with Gasteiger partial charge < -0.3 is 4.74 Å². The molecule has 0 aliphatic carbocycles. The third kappa shape index (κ3) is 2.27. The van der Waals surface area contributed by atoms with Gasteiger partial charge in [0.2, 0.25) is 11.9 Å². The molecule has 5 nitrogen and oxygen atoms in total. The Morgan fingerprint density at radius 1 is 1.37 bits per heavy atom. The van der Waals surface area contributed by atoms with Crippen molar-refractivity contribution >= 4 is 11.9 Å². The van der Waals surface area contributed by atoms with Gasteiger partial charge in [-0.2, -0.15) is 0 Å². The SMILES string of the molecule is Cc1ccnc(NC(=O)[C@@H]2COc3ccccc32)n1. The van der Waals surface area contributed by atoms with Gasteiger partial charge in [-0.3, -0.25) is 10.1 Å². The van der Waals surface area contributed by atoms with E-state index < -0.39 is 0 Å². The molecule has 3 rings (SSSR count). The number of fused-ring (bicyclic) bond motifs is 1. The maximum atomic E-state index is 12.2. The Hall–Kier alpha value is -2.43. The third-order valence-corrected chi connectivity index (χ3v) is 3.05. The summed E-state index contributed by atoms with van der Waals surface area (Å²) in [6.45, 7) is 2.21. The van der Waals surface area contributed by atoms with Gasteiger partial charge in [0.05, 0.1) is 0 Å². The monoisotopic (exact) mass is 255 g/mol. The second kappa shape index (κ2) is 4.68. The van der Waals surface area contributed by atoms with E-state index in [1.807, 2.05) is 31.2 Å². The standard InChI is InChI=1S/C14H13N3O2/c1-9-6-7-15-14(16-9)17-13(18)11-8-19-12-5-3-2-4-10(11)12/h2-7,11H,8H2,1H3,(H,15,16,17,18)/t11-/m1/s1. The van der Waals surface area contributed by atoms with Crippen LogP contribution in [0.2, 0.25) is 0 Å². The Morgan fingerprint density at radius 3 is 3.05 bits per heavy atom. The first kappa shape index (κ1) is 11.6. The fourth-order valence-electron chi connectivity index (χ4n) is 2.09. The van der Waals surface area contributed by atoms with Crippen molar-refractivity contribution in [2.45, 2.75) is 12.8 Å². The van der Waals surface area contributed by atoms with Crippen LogP contribution in [-0.4, -0.2) is 22.5 Å². The van der Waals surface area contributed by atoms with Gasteiger partial charge in [0, 0.05) is 17.5 Å². The molecule has 1 atom stereocenters. The minimum absolute atomic E-state index is 0.143. The van der Waals surface area contributed by atoms with E-state index in [1.165, 1.54) is 0 Å². The van der Waals surface area contributed by atoms with Gasteiger partial charge in [-0.05, 0) is 19.1 Å². The molecule has 2 aromatic rings. The summed E-state index contributed by atoms with van der Waals surface area (Å²) in [6.07, 6.45) is 1.62. The summed E-state index contributed by atoms with van der Waals surface area (Å²) in [7, 11) is 0. The maximum Gasteiger partial charge on any atom is 0.237 e. The van der Waals surface area contributed by atoms with E-state index in [9.17, 15) is 4.79 Å². The van der Waals surface area contributed by atoms with E-state index >= 15 is 0 Å². The Morgan fingerprint density at radius 2 is 2.21 bits per heavy atom. The zero-order chi connectivity index (χ0) is 13.2. The molecule has 96 valence electrons. The van der Waals surface area contributed by atoms with E-state index in [2.05, 4.69) is 15.3 Å². The van der Waals surface area contributed by atoms with Crippen molar-refractivity contribution in [1.29, 1.82) is 0 Å². The lowest BCUT2D eigenvalue weighted by Gasteiger charge is -2.09. The number of anilines is 1. The van der Waals surface area contributed by atoms with Crippen LogP contribution in [0.1, 0.15) is 17.2 Å². The predicted molar refractivity (Wildman–Crippen MR) is 70.1 cm³/mol. The lowest BCUT2D eigenvalue weighted by atomic mass is 10.0. The molecule has 1 aromatic carbocycles. The first-order chi connectivity index (χ1) is 9.24. The molecule has 0 saturated heterocycles. The van der Waals surface area contributed by atoms with Crippen molar-refractivity contribution in [1.82, 2.24) is 9.97 Å². The Labute approximate surface area is 110 Å². The van der Waals surface area contributed by atoms with Gasteiger partial charge in [0.15, 0.2) is 0 Å². The molecule has 0 unspecified atom stereocenters. The second-order valence-corrected chi connectivity index (χ2v) is 4.41. The molecule has 2 heterocycles. The molecule has 1 amide bonds. The molecule has 0 fully saturated rings. The minimum atomic E-state index is -0.305. The lowest BCUT2D eigenvalue weighted by Crippen LogP contribution is -2.23. The molecule has 19 heavy (non-hydrogen) atoms. The van der Waals surface area contributed by atoms with Crippen LogP contribution in [0.5, 0.6) is 5.75 Å². The number of rotatable bonds is 2. The van der Waals surface area contributed by atoms with Crippen molar-refractivity contribution in [2.24, 2.45) is 0 Å². The highest BCUT2D eigenvalue weighted by Crippen LogP contribution is 2.33. The van der Waals surface area contributed by atoms with Crippen LogP contribution in [0.25, 0.3) is 0 Å². The fraction of sp³-hybridized carbons (Fsp3) is 0.214. The van der Waals surface area contributed by atoms with Crippen LogP contribution >= 0.6 is 0 Å². The van der Waals surface area contributed by atoms with Gasteiger partial charge in [-0.15, -0.1) is 0 Å². The van der Waals surface area contributed by atoms with Gasteiger partial charge >= 0.3 is 0 Å². The number of aryl methyl sites for hydroxylation is 1. The predicted octanol–water partition coefficient (Wildman–Crippen LogP) is 1.90. The van der Waals surface area contributed by atoms with E-state index in [0.717, 1.165) is 17.0 Å². The Balaban J connectivity index is 1.79. The highest BCUT2D eigenvalue weighted by molar-refractivity contribution is 5.95. The van der Waals surface area contributed by atoms with E-state index in [0.29, 0.717) is 12.6 Å². The van der Waals surface area contributed by atoms with Crippen molar-refractivity contribution < 1.29 is 9.53 Å². The summed E-state index contributed by atoms with van der Waals surface area (Å²) in [5.74, 6) is 0.651. The number of benzene rings is 1. The summed E-state index contributed by atoms with van der Waals surface area (Å²) < 4.78 is 5.49. The summed E-state index contributed by atoms with van der Waals surface area (Å²) in [6, 6.07) is 9.35. The van der Waals surface area contributed by atoms with Crippen LogP contribution in [0, 0.1) is 6.92 Å². The molecule has 1 aromatic heterocycles. The smallest absolute Gasteiger partial charge is 0.237 e. The maximum absolute atomic E-state index is 12.2. The molecule has 0 saturated carbocycles. The van der Waals surface area contributed by atoms with Gasteiger partial charge in [0.25, 0.3) is 0 Å². The number of carbonyl (C=O) groups excluding carboxylic acids is 1. The first-order valence-corrected chi connectivity index (χ1v) is 6.06. The van der Waals surface area contributed by atoms with E-state index in [4.69, 9.17) is 4.74 Å². The average molecular weight is 255 g/mol. The molecular weight excluding hydrogens is 242 g/mol. The summed E-state index contributed by atoms with van der Waals surface area (Å²) >= 11 is 0. The number of ether oxygens (including phenoxy) is 1. The minimum Gasteiger partial charge on any atom is -0.492 e. The van der Waals surface area contributed by atoms with E-state index in [-0.39, 0.29) is 11.8 Å². The number of nitrogens with zero attached hydrogens (tertiary/aromatic N) is 2. The first-order valence-electron chi connectivity index (χ1n) is 6.06. The number of amides is 1. The highest BCUT2D eigenvalue weighted by atomic mass is 16.5. The number of nitrogens with one attached hydrogen (secondary N) is 1. The number of para-hydroxylation sites is 1. The largest absolute Gasteiger partial charge is 0.492 e. The molecule has 0 radical (unpaired) electrons. The van der Waals surface area contributed by atoms with Crippen molar-refractivity contribution in [2.75, 3.05) is 11.9 Å². The zero-order valence-electron chi connectivity index (χ0n) is 10.5. The zero-order valence-corrected chi connectivity index (χ0v) is 10.5. The van der Waals surface area contributed by atoms with Crippen LogP contribution < -0.4 is 10.1 Å². The van der Waals surface area contributed by atoms with Crippen molar-refractivity contribution in [3.8, 4) is 5.75 Å². The summed E-state index contributed by atoms with van der Waals surface area (Å²) in [5.41, 5.74) is 1.72. The molecule has 1 N–H and O–H groups in total. The van der Waals surface area contributed by atoms with E-state index in [1.54, 1.807) is 12.3 Å². The van der Waals surface area contributed by atoms with Gasteiger partial charge in [-0.25, -0.2) is 9.97 Å². The van der Waals surface area contributed by atoms with Crippen LogP contribution in [-0.2, 0) is 4.79 Å². The Kier molecular flexibility index (Phi) is 2.87. The van der Waals surface area contributed by atoms with Crippen molar-refractivity contribution in [3.05, 3.63) is 47.8 Å². The van der Waals surface area contributed by atoms with Crippen LogP contribution in [0.15, 0.2) is 36.5 Å². The molecule has 5 heteroatoms. The summed E-state index contributed by atoms with van der Waals surface area (Å²) in [4.78, 5) is 20.4. The number of hydrogen-bond donors (Lipinski definition) is 1. The molecule has 1 aliphatic heterocycles. The van der Waals surface area contributed by atoms with Crippen LogP contribution in [0.4, 0.5) is 5.95 Å².